The van der Waals surface area contributed by atoms with Crippen LogP contribution in [0.5, 0.6) is 5.75 Å². The number of hydrogen-bond acceptors (Lipinski definition) is 3. The Morgan fingerprint density at radius 2 is 2.00 bits per heavy atom. The first-order valence-corrected chi connectivity index (χ1v) is 6.69. The maximum Gasteiger partial charge on any atom is 0.115 e. The zero-order chi connectivity index (χ0) is 12.4. The summed E-state index contributed by atoms with van der Waals surface area (Å²) >= 11 is 3.52. The average molecular weight is 300 g/mol. The molecule has 0 radical (unpaired) electrons. The summed E-state index contributed by atoms with van der Waals surface area (Å²) < 4.78 is 6.75. The van der Waals surface area contributed by atoms with E-state index in [1.54, 1.807) is 6.07 Å². The van der Waals surface area contributed by atoms with E-state index in [9.17, 15) is 5.11 Å². The van der Waals surface area contributed by atoms with Crippen molar-refractivity contribution in [3.05, 3.63) is 28.2 Å². The van der Waals surface area contributed by atoms with Crippen LogP contribution in [0.4, 0.5) is 0 Å². The second-order valence-corrected chi connectivity index (χ2v) is 5.58. The van der Waals surface area contributed by atoms with Crippen LogP contribution >= 0.6 is 15.9 Å². The molecular formula is C13H18BrNO2. The van der Waals surface area contributed by atoms with Crippen molar-refractivity contribution in [1.82, 2.24) is 4.90 Å². The van der Waals surface area contributed by atoms with Gasteiger partial charge in [-0.3, -0.25) is 4.90 Å². The molecule has 1 aromatic carbocycles. The smallest absolute Gasteiger partial charge is 0.115 e. The molecular weight excluding hydrogens is 282 g/mol. The molecule has 0 bridgehead atoms. The SMILES string of the molecule is CC1CN(Cc2cc(O)ccc2Br)CC(C)O1. The molecule has 3 nitrogen and oxygen atoms in total. The third-order valence-electron chi connectivity index (χ3n) is 2.92. The van der Waals surface area contributed by atoms with Gasteiger partial charge in [0.15, 0.2) is 0 Å². The van der Waals surface area contributed by atoms with Crippen LogP contribution in [0.15, 0.2) is 22.7 Å². The zero-order valence-electron chi connectivity index (χ0n) is 10.2. The Balaban J connectivity index is 2.07. The fraction of sp³-hybridized carbons (Fsp3) is 0.538. The van der Waals surface area contributed by atoms with Gasteiger partial charge in [-0.15, -0.1) is 0 Å². The molecule has 2 unspecified atom stereocenters. The van der Waals surface area contributed by atoms with Crippen molar-refractivity contribution < 1.29 is 9.84 Å². The van der Waals surface area contributed by atoms with Crippen LogP contribution < -0.4 is 0 Å². The second kappa shape index (κ2) is 5.38. The van der Waals surface area contributed by atoms with E-state index in [2.05, 4.69) is 34.7 Å². The van der Waals surface area contributed by atoms with Gasteiger partial charge in [0.25, 0.3) is 0 Å². The van der Waals surface area contributed by atoms with Crippen LogP contribution in [-0.4, -0.2) is 35.3 Å². The minimum absolute atomic E-state index is 0.273. The molecule has 1 saturated heterocycles. The van der Waals surface area contributed by atoms with E-state index in [4.69, 9.17) is 4.74 Å². The van der Waals surface area contributed by atoms with Gasteiger partial charge in [0.2, 0.25) is 0 Å². The number of phenolic OH excluding ortho intramolecular Hbond substituents is 1. The number of benzene rings is 1. The van der Waals surface area contributed by atoms with Gasteiger partial charge in [-0.2, -0.15) is 0 Å². The lowest BCUT2D eigenvalue weighted by Crippen LogP contribution is -2.44. The van der Waals surface area contributed by atoms with E-state index in [0.29, 0.717) is 5.75 Å². The highest BCUT2D eigenvalue weighted by atomic mass is 79.9. The van der Waals surface area contributed by atoms with Gasteiger partial charge < -0.3 is 9.84 Å². The van der Waals surface area contributed by atoms with Crippen LogP contribution in [0.1, 0.15) is 19.4 Å². The Labute approximate surface area is 111 Å². The maximum absolute atomic E-state index is 9.51. The van der Waals surface area contributed by atoms with Gasteiger partial charge in [0.05, 0.1) is 12.2 Å². The van der Waals surface area contributed by atoms with Crippen LogP contribution in [0.3, 0.4) is 0 Å². The number of nitrogens with zero attached hydrogens (tertiary/aromatic N) is 1. The molecule has 1 heterocycles. The number of hydrogen-bond donors (Lipinski definition) is 1. The quantitative estimate of drug-likeness (QED) is 0.911. The number of halogens is 1. The lowest BCUT2D eigenvalue weighted by atomic mass is 10.1. The third-order valence-corrected chi connectivity index (χ3v) is 3.69. The van der Waals surface area contributed by atoms with Crippen LogP contribution in [-0.2, 0) is 11.3 Å². The van der Waals surface area contributed by atoms with Crippen molar-refractivity contribution in [2.45, 2.75) is 32.6 Å². The first-order chi connectivity index (χ1) is 8.04. The summed E-state index contributed by atoms with van der Waals surface area (Å²) in [5.74, 6) is 0.317. The molecule has 0 aliphatic carbocycles. The Bertz CT molecular complexity index is 387. The highest BCUT2D eigenvalue weighted by Gasteiger charge is 2.22. The molecule has 2 rings (SSSR count). The summed E-state index contributed by atoms with van der Waals surface area (Å²) in [6.07, 6.45) is 0.546. The average Bonchev–Trinajstić information content (AvgIpc) is 2.22. The standard InChI is InChI=1S/C13H18BrNO2/c1-9-6-15(7-10(2)17-9)8-11-5-12(16)3-4-13(11)14/h3-5,9-10,16H,6-8H2,1-2H3. The molecule has 0 saturated carbocycles. The lowest BCUT2D eigenvalue weighted by molar-refractivity contribution is -0.0705. The summed E-state index contributed by atoms with van der Waals surface area (Å²) in [6, 6.07) is 5.39. The minimum Gasteiger partial charge on any atom is -0.508 e. The molecule has 1 aliphatic rings. The Kier molecular flexibility index (Phi) is 4.07. The number of phenols is 1. The van der Waals surface area contributed by atoms with Crippen LogP contribution in [0, 0.1) is 0 Å². The van der Waals surface area contributed by atoms with Gasteiger partial charge in [0, 0.05) is 24.1 Å². The molecule has 0 aromatic heterocycles. The fourth-order valence-electron chi connectivity index (χ4n) is 2.34. The maximum atomic E-state index is 9.51. The van der Waals surface area contributed by atoms with Crippen LogP contribution in [0.25, 0.3) is 0 Å². The Morgan fingerprint density at radius 1 is 1.35 bits per heavy atom. The molecule has 0 amide bonds. The molecule has 1 aromatic rings. The van der Waals surface area contributed by atoms with Crippen LogP contribution in [0.2, 0.25) is 0 Å². The fourth-order valence-corrected chi connectivity index (χ4v) is 2.71. The Hall–Kier alpha value is -0.580. The van der Waals surface area contributed by atoms with E-state index < -0.39 is 0 Å². The van der Waals surface area contributed by atoms with Gasteiger partial charge in [-0.1, -0.05) is 15.9 Å². The zero-order valence-corrected chi connectivity index (χ0v) is 11.8. The molecule has 17 heavy (non-hydrogen) atoms. The monoisotopic (exact) mass is 299 g/mol. The summed E-state index contributed by atoms with van der Waals surface area (Å²) in [7, 11) is 0. The summed E-state index contributed by atoms with van der Waals surface area (Å²) in [5, 5.41) is 9.51. The third kappa shape index (κ3) is 3.44. The summed E-state index contributed by atoms with van der Waals surface area (Å²) in [5.41, 5.74) is 1.12. The van der Waals surface area contributed by atoms with Gasteiger partial charge >= 0.3 is 0 Å². The topological polar surface area (TPSA) is 32.7 Å². The van der Waals surface area contributed by atoms with Gasteiger partial charge in [0.1, 0.15) is 5.75 Å². The van der Waals surface area contributed by atoms with Crippen molar-refractivity contribution in [2.75, 3.05) is 13.1 Å². The predicted octanol–water partition coefficient (Wildman–Crippen LogP) is 2.76. The normalized spacial score (nSPS) is 26.1. The molecule has 1 N–H and O–H groups in total. The van der Waals surface area contributed by atoms with E-state index in [1.807, 2.05) is 12.1 Å². The molecule has 0 spiro atoms. The highest BCUT2D eigenvalue weighted by molar-refractivity contribution is 9.10. The first-order valence-electron chi connectivity index (χ1n) is 5.90. The lowest BCUT2D eigenvalue weighted by Gasteiger charge is -2.35. The number of aromatic hydroxyl groups is 1. The highest BCUT2D eigenvalue weighted by Crippen LogP contribution is 2.24. The molecule has 1 fully saturated rings. The first kappa shape index (κ1) is 12.9. The number of ether oxygens (including phenoxy) is 1. The number of rotatable bonds is 2. The minimum atomic E-state index is 0.273. The van der Waals surface area contributed by atoms with E-state index in [0.717, 1.165) is 29.7 Å². The summed E-state index contributed by atoms with van der Waals surface area (Å²) in [6.45, 7) is 6.91. The van der Waals surface area contributed by atoms with E-state index >= 15 is 0 Å². The molecule has 4 heteroatoms. The molecule has 1 aliphatic heterocycles. The number of morpholine rings is 1. The van der Waals surface area contributed by atoms with E-state index in [1.165, 1.54) is 0 Å². The van der Waals surface area contributed by atoms with E-state index in [-0.39, 0.29) is 12.2 Å². The van der Waals surface area contributed by atoms with Crippen molar-refractivity contribution in [2.24, 2.45) is 0 Å². The largest absolute Gasteiger partial charge is 0.508 e. The molecule has 94 valence electrons. The predicted molar refractivity (Wildman–Crippen MR) is 71.1 cm³/mol. The summed E-state index contributed by atoms with van der Waals surface area (Å²) in [4.78, 5) is 2.36. The van der Waals surface area contributed by atoms with Gasteiger partial charge in [-0.25, -0.2) is 0 Å². The van der Waals surface area contributed by atoms with Gasteiger partial charge in [-0.05, 0) is 37.6 Å². The van der Waals surface area contributed by atoms with Crippen molar-refractivity contribution in [3.63, 3.8) is 0 Å². The Morgan fingerprint density at radius 3 is 2.65 bits per heavy atom. The second-order valence-electron chi connectivity index (χ2n) is 4.73. The van der Waals surface area contributed by atoms with Crippen molar-refractivity contribution >= 4 is 15.9 Å². The van der Waals surface area contributed by atoms with Crippen molar-refractivity contribution in [1.29, 1.82) is 0 Å². The van der Waals surface area contributed by atoms with Crippen molar-refractivity contribution in [3.8, 4) is 5.75 Å². The molecule has 2 atom stereocenters.